The van der Waals surface area contributed by atoms with Crippen LogP contribution in [0.1, 0.15) is 31.2 Å². The minimum atomic E-state index is -1.05. The second kappa shape index (κ2) is 7.59. The molecule has 3 N–H and O–H groups in total. The van der Waals surface area contributed by atoms with Crippen molar-refractivity contribution in [3.63, 3.8) is 0 Å². The van der Waals surface area contributed by atoms with Gasteiger partial charge in [-0.05, 0) is 29.7 Å². The number of carboxylic acid groups (broad SMARTS) is 1. The lowest BCUT2D eigenvalue weighted by atomic mass is 10.0. The molecule has 1 heterocycles. The van der Waals surface area contributed by atoms with E-state index in [0.29, 0.717) is 5.69 Å². The van der Waals surface area contributed by atoms with Crippen molar-refractivity contribution in [2.45, 2.75) is 26.2 Å². The first kappa shape index (κ1) is 19.2. The number of nitrogens with zero attached hydrogens (tertiary/aromatic N) is 3. The molecule has 0 radical (unpaired) electrons. The highest BCUT2D eigenvalue weighted by molar-refractivity contribution is 5.73. The number of ether oxygens (including phenoxy) is 1. The van der Waals surface area contributed by atoms with E-state index in [1.165, 1.54) is 13.2 Å². The van der Waals surface area contributed by atoms with Crippen LogP contribution in [0.4, 0.5) is 0 Å². The molecule has 0 aliphatic rings. The number of methoxy groups -OCH3 is 1. The molecule has 0 amide bonds. The Morgan fingerprint density at radius 2 is 1.89 bits per heavy atom. The van der Waals surface area contributed by atoms with Crippen LogP contribution in [0.3, 0.4) is 0 Å². The van der Waals surface area contributed by atoms with Gasteiger partial charge in [0.2, 0.25) is 0 Å². The number of aromatic nitrogens is 3. The number of aromatic hydroxyl groups is 2. The smallest absolute Gasteiger partial charge is 0.311 e. The number of benzene rings is 2. The van der Waals surface area contributed by atoms with E-state index in [2.05, 4.69) is 24.0 Å². The van der Waals surface area contributed by atoms with Gasteiger partial charge in [-0.2, -0.15) is 0 Å². The van der Waals surface area contributed by atoms with Crippen molar-refractivity contribution in [2.75, 3.05) is 7.11 Å². The molecule has 8 nitrogen and oxygen atoms in total. The van der Waals surface area contributed by atoms with E-state index in [1.54, 1.807) is 4.57 Å². The van der Waals surface area contributed by atoms with Gasteiger partial charge >= 0.3 is 5.97 Å². The Morgan fingerprint density at radius 1 is 1.14 bits per heavy atom. The van der Waals surface area contributed by atoms with Crippen LogP contribution in [0.2, 0.25) is 0 Å². The average molecular weight is 383 g/mol. The van der Waals surface area contributed by atoms with Gasteiger partial charge in [-0.15, -0.1) is 10.2 Å². The Morgan fingerprint density at radius 3 is 2.54 bits per heavy atom. The van der Waals surface area contributed by atoms with Crippen LogP contribution in [0, 0.1) is 0 Å². The number of phenols is 2. The SMILES string of the molecule is COc1cc(-c2nnc(CC(=O)O)n2-c2cccc(C(C)C)c2)c(O)cc1O. The third-order valence-corrected chi connectivity index (χ3v) is 4.37. The predicted octanol–water partition coefficient (Wildman–Crippen LogP) is 3.10. The molecule has 28 heavy (non-hydrogen) atoms. The molecule has 3 rings (SSSR count). The van der Waals surface area contributed by atoms with Gasteiger partial charge in [0.15, 0.2) is 17.3 Å². The molecular weight excluding hydrogens is 362 g/mol. The summed E-state index contributed by atoms with van der Waals surface area (Å²) in [5.74, 6) is -0.616. The van der Waals surface area contributed by atoms with Gasteiger partial charge in [-0.3, -0.25) is 9.36 Å². The highest BCUT2D eigenvalue weighted by Crippen LogP contribution is 2.39. The standard InChI is InChI=1S/C20H21N3O5/c1-11(2)12-5-4-6-13(7-12)23-18(10-19(26)27)21-22-20(23)14-8-17(28-3)16(25)9-15(14)24/h4-9,11,24-25H,10H2,1-3H3,(H,26,27). The summed E-state index contributed by atoms with van der Waals surface area (Å²) < 4.78 is 6.71. The monoisotopic (exact) mass is 383 g/mol. The Bertz CT molecular complexity index is 1030. The highest BCUT2D eigenvalue weighted by Gasteiger charge is 2.22. The predicted molar refractivity (Wildman–Crippen MR) is 102 cm³/mol. The molecule has 2 aromatic carbocycles. The molecule has 0 saturated heterocycles. The van der Waals surface area contributed by atoms with Crippen molar-refractivity contribution in [1.29, 1.82) is 0 Å². The van der Waals surface area contributed by atoms with Gasteiger partial charge in [-0.1, -0.05) is 26.0 Å². The van der Waals surface area contributed by atoms with Crippen LogP contribution >= 0.6 is 0 Å². The summed E-state index contributed by atoms with van der Waals surface area (Å²) in [5, 5.41) is 37.6. The zero-order valence-corrected chi connectivity index (χ0v) is 15.7. The molecule has 0 fully saturated rings. The number of hydrogen-bond donors (Lipinski definition) is 3. The molecule has 146 valence electrons. The number of carbonyl (C=O) groups is 1. The van der Waals surface area contributed by atoms with E-state index in [4.69, 9.17) is 4.74 Å². The fourth-order valence-corrected chi connectivity index (χ4v) is 2.94. The summed E-state index contributed by atoms with van der Waals surface area (Å²) in [6, 6.07) is 10.2. The van der Waals surface area contributed by atoms with Gasteiger partial charge in [0, 0.05) is 11.8 Å². The van der Waals surface area contributed by atoms with Gasteiger partial charge in [0.05, 0.1) is 12.7 Å². The maximum Gasteiger partial charge on any atom is 0.311 e. The normalized spacial score (nSPS) is 11.0. The minimum absolute atomic E-state index is 0.151. The molecule has 0 saturated carbocycles. The zero-order valence-electron chi connectivity index (χ0n) is 15.7. The first-order valence-corrected chi connectivity index (χ1v) is 8.68. The fourth-order valence-electron chi connectivity index (χ4n) is 2.94. The fraction of sp³-hybridized carbons (Fsp3) is 0.250. The third kappa shape index (κ3) is 3.62. The molecule has 0 aliphatic carbocycles. The maximum atomic E-state index is 11.3. The van der Waals surface area contributed by atoms with E-state index in [-0.39, 0.29) is 46.8 Å². The molecule has 3 aromatic rings. The minimum Gasteiger partial charge on any atom is -0.507 e. The van der Waals surface area contributed by atoms with Crippen LogP contribution in [0.5, 0.6) is 17.2 Å². The van der Waals surface area contributed by atoms with Gasteiger partial charge in [0.25, 0.3) is 0 Å². The summed E-state index contributed by atoms with van der Waals surface area (Å²) in [4.78, 5) is 11.3. The molecule has 0 atom stereocenters. The van der Waals surface area contributed by atoms with Gasteiger partial charge < -0.3 is 20.1 Å². The van der Waals surface area contributed by atoms with E-state index in [1.807, 2.05) is 24.3 Å². The first-order chi connectivity index (χ1) is 13.3. The van der Waals surface area contributed by atoms with Crippen LogP contribution < -0.4 is 4.74 Å². The summed E-state index contributed by atoms with van der Waals surface area (Å²) in [7, 11) is 1.39. The van der Waals surface area contributed by atoms with Crippen molar-refractivity contribution in [2.24, 2.45) is 0 Å². The number of carboxylic acids is 1. The van der Waals surface area contributed by atoms with E-state index in [9.17, 15) is 20.1 Å². The Balaban J connectivity index is 2.26. The van der Waals surface area contributed by atoms with Crippen LogP contribution in [-0.2, 0) is 11.2 Å². The summed E-state index contributed by atoms with van der Waals surface area (Å²) in [6.07, 6.45) is -0.338. The maximum absolute atomic E-state index is 11.3. The molecule has 0 aliphatic heterocycles. The Labute approximate surface area is 161 Å². The second-order valence-electron chi connectivity index (χ2n) is 6.64. The summed E-state index contributed by atoms with van der Waals surface area (Å²) >= 11 is 0. The number of hydrogen-bond acceptors (Lipinski definition) is 6. The Hall–Kier alpha value is -3.55. The van der Waals surface area contributed by atoms with Crippen LogP contribution in [0.15, 0.2) is 36.4 Å². The van der Waals surface area contributed by atoms with Crippen molar-refractivity contribution in [1.82, 2.24) is 14.8 Å². The summed E-state index contributed by atoms with van der Waals surface area (Å²) in [5.41, 5.74) is 1.99. The third-order valence-electron chi connectivity index (χ3n) is 4.37. The lowest BCUT2D eigenvalue weighted by Crippen LogP contribution is -2.09. The highest BCUT2D eigenvalue weighted by atomic mass is 16.5. The summed E-state index contributed by atoms with van der Waals surface area (Å²) in [6.45, 7) is 4.11. The lowest BCUT2D eigenvalue weighted by Gasteiger charge is -2.14. The molecular formula is C20H21N3O5. The zero-order chi connectivity index (χ0) is 20.4. The molecule has 0 spiro atoms. The lowest BCUT2D eigenvalue weighted by molar-refractivity contribution is -0.136. The second-order valence-corrected chi connectivity index (χ2v) is 6.64. The molecule has 0 bridgehead atoms. The van der Waals surface area contributed by atoms with Crippen molar-refractivity contribution < 1.29 is 24.9 Å². The first-order valence-electron chi connectivity index (χ1n) is 8.68. The van der Waals surface area contributed by atoms with Crippen molar-refractivity contribution >= 4 is 5.97 Å². The van der Waals surface area contributed by atoms with Crippen LogP contribution in [0.25, 0.3) is 17.1 Å². The quantitative estimate of drug-likeness (QED) is 0.598. The number of phenolic OH excluding ortho intramolecular Hbond substituents is 2. The van der Waals surface area contributed by atoms with Crippen molar-refractivity contribution in [3.8, 4) is 34.3 Å². The van der Waals surface area contributed by atoms with E-state index >= 15 is 0 Å². The number of rotatable bonds is 6. The average Bonchev–Trinajstić information content (AvgIpc) is 3.04. The van der Waals surface area contributed by atoms with Gasteiger partial charge in [-0.25, -0.2) is 0 Å². The molecule has 0 unspecified atom stereocenters. The van der Waals surface area contributed by atoms with Gasteiger partial charge in [0.1, 0.15) is 18.0 Å². The largest absolute Gasteiger partial charge is 0.507 e. The van der Waals surface area contributed by atoms with E-state index in [0.717, 1.165) is 11.6 Å². The van der Waals surface area contributed by atoms with Crippen molar-refractivity contribution in [3.05, 3.63) is 47.8 Å². The molecule has 8 heteroatoms. The topological polar surface area (TPSA) is 118 Å². The van der Waals surface area contributed by atoms with E-state index < -0.39 is 5.97 Å². The van der Waals surface area contributed by atoms with Crippen LogP contribution in [-0.4, -0.2) is 43.2 Å². The number of aliphatic carboxylic acids is 1. The Kier molecular flexibility index (Phi) is 5.21. The molecule has 1 aromatic heterocycles.